The standard InChI is InChI=1S/C17H20ClNO3/c1-20-16-4-2-3-5-17(16)22-11-10-21-15-7-6-14(18)12-13(15)8-9-19/h2-7,12H,8-11,19H2,1H3. The van der Waals surface area contributed by atoms with Gasteiger partial charge in [-0.15, -0.1) is 0 Å². The first-order chi connectivity index (χ1) is 10.7. The molecule has 0 amide bonds. The third-order valence-electron chi connectivity index (χ3n) is 3.10. The van der Waals surface area contributed by atoms with Crippen molar-refractivity contribution >= 4 is 11.6 Å². The van der Waals surface area contributed by atoms with E-state index < -0.39 is 0 Å². The average molecular weight is 322 g/mol. The molecule has 2 aromatic carbocycles. The SMILES string of the molecule is COc1ccccc1OCCOc1ccc(Cl)cc1CCN. The monoisotopic (exact) mass is 321 g/mol. The molecule has 0 radical (unpaired) electrons. The molecule has 0 spiro atoms. The molecule has 0 aliphatic heterocycles. The normalized spacial score (nSPS) is 10.3. The molecule has 2 N–H and O–H groups in total. The summed E-state index contributed by atoms with van der Waals surface area (Å²) >= 11 is 5.99. The highest BCUT2D eigenvalue weighted by molar-refractivity contribution is 6.30. The van der Waals surface area contributed by atoms with E-state index in [4.69, 9.17) is 31.5 Å². The number of benzene rings is 2. The van der Waals surface area contributed by atoms with Gasteiger partial charge in [-0.2, -0.15) is 0 Å². The van der Waals surface area contributed by atoms with Crippen LogP contribution in [0.3, 0.4) is 0 Å². The molecule has 4 nitrogen and oxygen atoms in total. The number of methoxy groups -OCH3 is 1. The van der Waals surface area contributed by atoms with Gasteiger partial charge in [0, 0.05) is 5.02 Å². The lowest BCUT2D eigenvalue weighted by Gasteiger charge is -2.13. The summed E-state index contributed by atoms with van der Waals surface area (Å²) in [5.41, 5.74) is 6.61. The fourth-order valence-corrected chi connectivity index (χ4v) is 2.28. The van der Waals surface area contributed by atoms with Crippen molar-refractivity contribution in [2.45, 2.75) is 6.42 Å². The van der Waals surface area contributed by atoms with E-state index >= 15 is 0 Å². The molecular formula is C17H20ClNO3. The summed E-state index contributed by atoms with van der Waals surface area (Å²) in [5.74, 6) is 2.20. The van der Waals surface area contributed by atoms with Crippen LogP contribution in [-0.2, 0) is 6.42 Å². The number of rotatable bonds is 8. The minimum Gasteiger partial charge on any atom is -0.493 e. The maximum absolute atomic E-state index is 5.99. The minimum absolute atomic E-state index is 0.422. The number of para-hydroxylation sites is 2. The lowest BCUT2D eigenvalue weighted by Crippen LogP contribution is -2.11. The van der Waals surface area contributed by atoms with Gasteiger partial charge in [0.2, 0.25) is 0 Å². The Labute approximate surface area is 135 Å². The number of ether oxygens (including phenoxy) is 3. The molecule has 0 fully saturated rings. The molecule has 0 aromatic heterocycles. The average Bonchev–Trinajstić information content (AvgIpc) is 2.54. The van der Waals surface area contributed by atoms with Gasteiger partial charge in [-0.05, 0) is 48.9 Å². The Balaban J connectivity index is 1.89. The quantitative estimate of drug-likeness (QED) is 0.758. The molecule has 2 rings (SSSR count). The van der Waals surface area contributed by atoms with E-state index in [0.717, 1.165) is 17.7 Å². The van der Waals surface area contributed by atoms with Gasteiger partial charge in [-0.3, -0.25) is 0 Å². The van der Waals surface area contributed by atoms with Crippen LogP contribution in [0, 0.1) is 0 Å². The molecule has 0 unspecified atom stereocenters. The second-order valence-corrected chi connectivity index (χ2v) is 5.07. The van der Waals surface area contributed by atoms with Crippen LogP contribution in [0.25, 0.3) is 0 Å². The van der Waals surface area contributed by atoms with E-state index in [1.165, 1.54) is 0 Å². The van der Waals surface area contributed by atoms with Gasteiger partial charge < -0.3 is 19.9 Å². The molecule has 0 heterocycles. The lowest BCUT2D eigenvalue weighted by molar-refractivity contribution is 0.210. The highest BCUT2D eigenvalue weighted by Gasteiger charge is 2.06. The Bertz CT molecular complexity index is 604. The predicted molar refractivity (Wildman–Crippen MR) is 88.2 cm³/mol. The van der Waals surface area contributed by atoms with E-state index in [0.29, 0.717) is 36.3 Å². The predicted octanol–water partition coefficient (Wildman–Crippen LogP) is 3.31. The molecule has 0 bridgehead atoms. The molecule has 0 saturated heterocycles. The van der Waals surface area contributed by atoms with E-state index in [-0.39, 0.29) is 0 Å². The van der Waals surface area contributed by atoms with E-state index in [2.05, 4.69) is 0 Å². The van der Waals surface area contributed by atoms with Crippen LogP contribution in [0.1, 0.15) is 5.56 Å². The smallest absolute Gasteiger partial charge is 0.161 e. The van der Waals surface area contributed by atoms with Crippen LogP contribution >= 0.6 is 11.6 Å². The van der Waals surface area contributed by atoms with E-state index in [1.807, 2.05) is 36.4 Å². The molecule has 0 aliphatic rings. The highest BCUT2D eigenvalue weighted by atomic mass is 35.5. The van der Waals surface area contributed by atoms with Crippen LogP contribution < -0.4 is 19.9 Å². The largest absolute Gasteiger partial charge is 0.493 e. The number of hydrogen-bond donors (Lipinski definition) is 1. The van der Waals surface area contributed by atoms with Crippen molar-refractivity contribution in [3.8, 4) is 17.2 Å². The third-order valence-corrected chi connectivity index (χ3v) is 3.34. The summed E-state index contributed by atoms with van der Waals surface area (Å²) in [5, 5.41) is 0.682. The van der Waals surface area contributed by atoms with E-state index in [1.54, 1.807) is 13.2 Å². The topological polar surface area (TPSA) is 53.7 Å². The van der Waals surface area contributed by atoms with Crippen molar-refractivity contribution in [1.82, 2.24) is 0 Å². The summed E-state index contributed by atoms with van der Waals surface area (Å²) in [6.07, 6.45) is 0.725. The Hall–Kier alpha value is -1.91. The molecule has 0 atom stereocenters. The second kappa shape index (κ2) is 8.51. The maximum atomic E-state index is 5.99. The highest BCUT2D eigenvalue weighted by Crippen LogP contribution is 2.26. The molecular weight excluding hydrogens is 302 g/mol. The third kappa shape index (κ3) is 4.55. The minimum atomic E-state index is 0.422. The zero-order valence-electron chi connectivity index (χ0n) is 12.5. The molecule has 2 aromatic rings. The summed E-state index contributed by atoms with van der Waals surface area (Å²) < 4.78 is 16.7. The zero-order chi connectivity index (χ0) is 15.8. The van der Waals surface area contributed by atoms with Crippen molar-refractivity contribution in [3.63, 3.8) is 0 Å². The molecule has 5 heteroatoms. The first-order valence-electron chi connectivity index (χ1n) is 7.11. The van der Waals surface area contributed by atoms with Gasteiger partial charge in [-0.1, -0.05) is 23.7 Å². The van der Waals surface area contributed by atoms with Gasteiger partial charge in [0.05, 0.1) is 7.11 Å². The Morgan fingerprint density at radius 2 is 1.64 bits per heavy atom. The van der Waals surface area contributed by atoms with Gasteiger partial charge in [0.25, 0.3) is 0 Å². The number of halogens is 1. The summed E-state index contributed by atoms with van der Waals surface area (Å²) in [6.45, 7) is 1.40. The van der Waals surface area contributed by atoms with Crippen molar-refractivity contribution in [3.05, 3.63) is 53.1 Å². The summed E-state index contributed by atoms with van der Waals surface area (Å²) in [7, 11) is 1.62. The fourth-order valence-electron chi connectivity index (χ4n) is 2.08. The van der Waals surface area contributed by atoms with Gasteiger partial charge in [-0.25, -0.2) is 0 Å². The molecule has 118 valence electrons. The van der Waals surface area contributed by atoms with E-state index in [9.17, 15) is 0 Å². The van der Waals surface area contributed by atoms with Crippen molar-refractivity contribution < 1.29 is 14.2 Å². The lowest BCUT2D eigenvalue weighted by atomic mass is 10.1. The van der Waals surface area contributed by atoms with Crippen LogP contribution in [0.15, 0.2) is 42.5 Å². The second-order valence-electron chi connectivity index (χ2n) is 4.64. The van der Waals surface area contributed by atoms with Crippen LogP contribution in [-0.4, -0.2) is 26.9 Å². The molecule has 22 heavy (non-hydrogen) atoms. The van der Waals surface area contributed by atoms with Gasteiger partial charge >= 0.3 is 0 Å². The Morgan fingerprint density at radius 3 is 2.32 bits per heavy atom. The van der Waals surface area contributed by atoms with Crippen LogP contribution in [0.4, 0.5) is 0 Å². The fraction of sp³-hybridized carbons (Fsp3) is 0.294. The maximum Gasteiger partial charge on any atom is 0.161 e. The summed E-state index contributed by atoms with van der Waals surface area (Å²) in [6, 6.07) is 13.1. The Morgan fingerprint density at radius 1 is 0.955 bits per heavy atom. The Kier molecular flexibility index (Phi) is 6.37. The number of hydrogen-bond acceptors (Lipinski definition) is 4. The van der Waals surface area contributed by atoms with Gasteiger partial charge in [0.1, 0.15) is 19.0 Å². The van der Waals surface area contributed by atoms with Crippen LogP contribution in [0.2, 0.25) is 5.02 Å². The first-order valence-corrected chi connectivity index (χ1v) is 7.49. The van der Waals surface area contributed by atoms with Crippen molar-refractivity contribution in [2.75, 3.05) is 26.9 Å². The van der Waals surface area contributed by atoms with Crippen molar-refractivity contribution in [1.29, 1.82) is 0 Å². The zero-order valence-corrected chi connectivity index (χ0v) is 13.3. The number of nitrogens with two attached hydrogens (primary N) is 1. The molecule has 0 saturated carbocycles. The molecule has 0 aliphatic carbocycles. The van der Waals surface area contributed by atoms with Gasteiger partial charge in [0.15, 0.2) is 11.5 Å². The van der Waals surface area contributed by atoms with Crippen LogP contribution in [0.5, 0.6) is 17.2 Å². The van der Waals surface area contributed by atoms with Crippen molar-refractivity contribution in [2.24, 2.45) is 5.73 Å². The summed E-state index contributed by atoms with van der Waals surface area (Å²) in [4.78, 5) is 0. The first kappa shape index (κ1) is 16.5.